The third-order valence-electron chi connectivity index (χ3n) is 13.5. The number of ether oxygens (including phenoxy) is 1. The number of halogens is 1. The summed E-state index contributed by atoms with van der Waals surface area (Å²) in [5, 5.41) is -0.691. The summed E-state index contributed by atoms with van der Waals surface area (Å²) in [7, 11) is -3.89. The Morgan fingerprint density at radius 3 is 2.60 bits per heavy atom. The smallest absolute Gasteiger partial charge is 0.264 e. The van der Waals surface area contributed by atoms with Crippen molar-refractivity contribution in [1.82, 2.24) is 19.4 Å². The summed E-state index contributed by atoms with van der Waals surface area (Å²) in [6.45, 7) is 14.3. The Morgan fingerprint density at radius 2 is 1.81 bits per heavy atom. The number of anilines is 1. The monoisotopic (exact) mass is 769 g/mol. The average Bonchev–Trinajstić information content (AvgIpc) is 3.15. The summed E-state index contributed by atoms with van der Waals surface area (Å²) in [4.78, 5) is 35.5. The number of alkyl halides is 1. The SMILES string of the molecule is CC(=O)N1CCN2CCN(CC3CCCC(C)[C@@H](C)S(=O)(=O)NC(=O)c4ccc5c(c4)N(CCCCC4=C(C=CC(Cl)C4)CO5)C[C@@H]4CCC34)C[C@H]2C1. The molecule has 4 aliphatic heterocycles. The molecule has 6 aliphatic rings. The normalized spacial score (nSPS) is 33.3. The van der Waals surface area contributed by atoms with Crippen molar-refractivity contribution in [3.8, 4) is 5.75 Å². The van der Waals surface area contributed by atoms with Crippen LogP contribution in [0.15, 0.2) is 41.5 Å². The second-order valence-corrected chi connectivity index (χ2v) is 19.4. The van der Waals surface area contributed by atoms with E-state index in [0.717, 1.165) is 115 Å². The average molecular weight is 770 g/mol. The third-order valence-corrected chi connectivity index (χ3v) is 15.7. The van der Waals surface area contributed by atoms with Gasteiger partial charge in [-0.3, -0.25) is 14.5 Å². The fourth-order valence-corrected chi connectivity index (χ4v) is 11.4. The molecule has 1 aromatic rings. The number of nitrogens with one attached hydrogen (secondary N) is 1. The van der Waals surface area contributed by atoms with Gasteiger partial charge in [-0.05, 0) is 106 Å². The molecule has 7 atom stereocenters. The number of piperazine rings is 2. The van der Waals surface area contributed by atoms with E-state index in [2.05, 4.69) is 25.5 Å². The van der Waals surface area contributed by atoms with Crippen molar-refractivity contribution in [2.75, 3.05) is 70.4 Å². The first-order chi connectivity index (χ1) is 25.4. The first-order valence-electron chi connectivity index (χ1n) is 20.3. The minimum absolute atomic E-state index is 0.00651. The van der Waals surface area contributed by atoms with Crippen LogP contribution in [0.3, 0.4) is 0 Å². The number of hydrogen-bond acceptors (Lipinski definition) is 8. The summed E-state index contributed by atoms with van der Waals surface area (Å²) in [5.41, 5.74) is 3.74. The molecule has 7 rings (SSSR count). The van der Waals surface area contributed by atoms with E-state index in [1.807, 2.05) is 30.0 Å². The number of fused-ring (bicyclic) bond motifs is 3. The number of sulfonamides is 1. The lowest BCUT2D eigenvalue weighted by Gasteiger charge is -2.50. The van der Waals surface area contributed by atoms with Crippen LogP contribution in [0.2, 0.25) is 0 Å². The molecular weight excluding hydrogens is 710 g/mol. The Labute approximate surface area is 322 Å². The minimum Gasteiger partial charge on any atom is -0.487 e. The van der Waals surface area contributed by atoms with Gasteiger partial charge in [0.05, 0.1) is 16.3 Å². The van der Waals surface area contributed by atoms with Crippen LogP contribution in [0.25, 0.3) is 0 Å². The number of amides is 2. The summed E-state index contributed by atoms with van der Waals surface area (Å²) < 4.78 is 36.2. The molecular formula is C41H60ClN5O5S. The lowest BCUT2D eigenvalue weighted by molar-refractivity contribution is -0.133. The predicted octanol–water partition coefficient (Wildman–Crippen LogP) is 5.68. The van der Waals surface area contributed by atoms with Gasteiger partial charge < -0.3 is 19.4 Å². The molecule has 4 unspecified atom stereocenters. The number of hydrogen-bond donors (Lipinski definition) is 1. The Bertz CT molecular complexity index is 1680. The van der Waals surface area contributed by atoms with Gasteiger partial charge in [0.15, 0.2) is 0 Å². The zero-order valence-electron chi connectivity index (χ0n) is 32.0. The molecule has 4 heterocycles. The van der Waals surface area contributed by atoms with Gasteiger partial charge in [0.1, 0.15) is 12.4 Å². The van der Waals surface area contributed by atoms with E-state index in [1.165, 1.54) is 24.0 Å². The molecule has 10 nitrogen and oxygen atoms in total. The van der Waals surface area contributed by atoms with Gasteiger partial charge in [-0.15, -0.1) is 11.6 Å². The quantitative estimate of drug-likeness (QED) is 0.384. The Balaban J connectivity index is 1.17. The van der Waals surface area contributed by atoms with Gasteiger partial charge in [-0.2, -0.15) is 0 Å². The van der Waals surface area contributed by atoms with Crippen molar-refractivity contribution in [2.45, 2.75) is 95.2 Å². The lowest BCUT2D eigenvalue weighted by atomic mass is 9.65. The summed E-state index contributed by atoms with van der Waals surface area (Å²) >= 11 is 6.54. The summed E-state index contributed by atoms with van der Waals surface area (Å²) in [6, 6.07) is 5.79. The maximum atomic E-state index is 13.6. The van der Waals surface area contributed by atoms with Gasteiger partial charge in [0.2, 0.25) is 15.9 Å². The Morgan fingerprint density at radius 1 is 0.981 bits per heavy atom. The summed E-state index contributed by atoms with van der Waals surface area (Å²) in [6.07, 6.45) is 13.2. The molecule has 2 aliphatic carbocycles. The molecule has 2 saturated heterocycles. The molecule has 53 heavy (non-hydrogen) atoms. The molecule has 3 fully saturated rings. The lowest BCUT2D eigenvalue weighted by Crippen LogP contribution is -2.63. The second kappa shape index (κ2) is 16.6. The van der Waals surface area contributed by atoms with Crippen LogP contribution in [0.1, 0.15) is 88.9 Å². The van der Waals surface area contributed by atoms with Crippen molar-refractivity contribution in [3.63, 3.8) is 0 Å². The van der Waals surface area contributed by atoms with E-state index < -0.39 is 21.2 Å². The topological polar surface area (TPSA) is 102 Å². The predicted molar refractivity (Wildman–Crippen MR) is 211 cm³/mol. The molecule has 0 radical (unpaired) electrons. The van der Waals surface area contributed by atoms with Crippen LogP contribution in [0.4, 0.5) is 5.69 Å². The molecule has 1 saturated carbocycles. The van der Waals surface area contributed by atoms with Crippen molar-refractivity contribution < 1.29 is 22.7 Å². The van der Waals surface area contributed by atoms with Gasteiger partial charge in [-0.25, -0.2) is 13.1 Å². The number of benzene rings is 1. The summed E-state index contributed by atoms with van der Waals surface area (Å²) in [5.74, 6) is 1.82. The zero-order chi connectivity index (χ0) is 37.3. The van der Waals surface area contributed by atoms with Gasteiger partial charge in [-0.1, -0.05) is 31.1 Å². The highest BCUT2D eigenvalue weighted by Crippen LogP contribution is 2.45. The van der Waals surface area contributed by atoms with Crippen LogP contribution in [-0.4, -0.2) is 117 Å². The fraction of sp³-hybridized carbons (Fsp3) is 0.707. The molecule has 2 bridgehead atoms. The van der Waals surface area contributed by atoms with Gasteiger partial charge >= 0.3 is 0 Å². The van der Waals surface area contributed by atoms with Crippen molar-refractivity contribution in [2.24, 2.45) is 23.7 Å². The fourth-order valence-electron chi connectivity index (χ4n) is 9.81. The van der Waals surface area contributed by atoms with E-state index in [-0.39, 0.29) is 17.2 Å². The van der Waals surface area contributed by atoms with Crippen LogP contribution in [0, 0.1) is 23.7 Å². The Hall–Kier alpha value is -2.60. The maximum Gasteiger partial charge on any atom is 0.264 e. The highest BCUT2D eigenvalue weighted by atomic mass is 35.5. The van der Waals surface area contributed by atoms with Crippen LogP contribution < -0.4 is 14.4 Å². The van der Waals surface area contributed by atoms with E-state index in [4.69, 9.17) is 16.3 Å². The van der Waals surface area contributed by atoms with Gasteiger partial charge in [0, 0.05) is 77.4 Å². The highest BCUT2D eigenvalue weighted by Gasteiger charge is 2.41. The van der Waals surface area contributed by atoms with Crippen molar-refractivity contribution in [1.29, 1.82) is 0 Å². The van der Waals surface area contributed by atoms with Gasteiger partial charge in [0.25, 0.3) is 5.91 Å². The standard InChI is InChI=1S/C41H60ClN5O5S/c1-28-7-6-9-33(23-44-17-18-45-19-20-46(30(3)48)26-37(45)25-44)38-14-11-34(38)24-47-16-5-4-8-31-21-36(42)13-10-35(31)27-52-40-15-12-32(22-39(40)47)41(49)43-53(50,51)29(28)2/h10,12-13,15,22,28-29,33-34,36-38H,4-9,11,14,16-21,23-27H2,1-3H3,(H,43,49)/t28?,29-,33?,34+,36?,37+,38?/m1/s1. The van der Waals surface area contributed by atoms with Crippen molar-refractivity contribution in [3.05, 3.63) is 47.1 Å². The number of rotatable bonds is 2. The largest absolute Gasteiger partial charge is 0.487 e. The number of carbonyl (C=O) groups excluding carboxylic acids is 2. The molecule has 2 amide bonds. The maximum absolute atomic E-state index is 13.6. The highest BCUT2D eigenvalue weighted by molar-refractivity contribution is 7.90. The number of nitrogens with zero attached hydrogens (tertiary/aromatic N) is 4. The molecule has 292 valence electrons. The third kappa shape index (κ3) is 8.94. The van der Waals surface area contributed by atoms with E-state index in [9.17, 15) is 18.0 Å². The second-order valence-electron chi connectivity index (χ2n) is 16.8. The molecule has 1 aromatic carbocycles. The molecule has 12 heteroatoms. The number of allylic oxidation sites excluding steroid dienone is 2. The first-order valence-corrected chi connectivity index (χ1v) is 22.3. The Kier molecular flexibility index (Phi) is 12.1. The van der Waals surface area contributed by atoms with Crippen LogP contribution in [-0.2, 0) is 14.8 Å². The van der Waals surface area contributed by atoms with E-state index in [1.54, 1.807) is 19.9 Å². The molecule has 1 N–H and O–H groups in total. The van der Waals surface area contributed by atoms with Crippen LogP contribution >= 0.6 is 11.6 Å². The zero-order valence-corrected chi connectivity index (χ0v) is 33.6. The van der Waals surface area contributed by atoms with Crippen molar-refractivity contribution >= 4 is 39.1 Å². The van der Waals surface area contributed by atoms with Crippen LogP contribution in [0.5, 0.6) is 5.75 Å². The first kappa shape index (κ1) is 38.7. The molecule has 0 aromatic heterocycles. The van der Waals surface area contributed by atoms with E-state index in [0.29, 0.717) is 36.0 Å². The number of carbonyl (C=O) groups is 2. The molecule has 0 spiro atoms. The minimum atomic E-state index is -3.89. The van der Waals surface area contributed by atoms with E-state index >= 15 is 0 Å².